The van der Waals surface area contributed by atoms with E-state index >= 15 is 0 Å². The Balaban J connectivity index is 0.000000256. The Morgan fingerprint density at radius 3 is 2.58 bits per heavy atom. The number of nitrogens with one attached hydrogen (secondary N) is 1. The van der Waals surface area contributed by atoms with Gasteiger partial charge in [-0.2, -0.15) is 13.2 Å². The predicted octanol–water partition coefficient (Wildman–Crippen LogP) is 1.30. The molecule has 1 aromatic rings. The molecule has 0 radical (unpaired) electrons. The number of halogens is 3. The van der Waals surface area contributed by atoms with Crippen LogP contribution in [0.3, 0.4) is 0 Å². The Hall–Kier alpha value is -2.29. The standard InChI is InChI=1S/C13H16N2O2.C2HF3O2/c1-8-2-3-11(16)10-6-9-7-14-4-5-15(9)13(17)12(8)10;3-2(4,5)1(6)7/h2-3,9,14,16H,4-7H2,1H3;(H,6,7)/t9-;/m1./s1. The molecular formula is C15H17F3N2O4. The van der Waals surface area contributed by atoms with Gasteiger partial charge < -0.3 is 20.4 Å². The van der Waals surface area contributed by atoms with Crippen LogP contribution in [-0.4, -0.2) is 58.8 Å². The van der Waals surface area contributed by atoms with Crippen LogP contribution < -0.4 is 5.32 Å². The van der Waals surface area contributed by atoms with Crippen LogP contribution in [0.15, 0.2) is 12.1 Å². The number of carbonyl (C=O) groups excluding carboxylic acids is 1. The van der Waals surface area contributed by atoms with Crippen molar-refractivity contribution >= 4 is 11.9 Å². The highest BCUT2D eigenvalue weighted by Gasteiger charge is 2.38. The first-order chi connectivity index (χ1) is 11.1. The zero-order chi connectivity index (χ0) is 18.1. The number of aliphatic carboxylic acids is 1. The first kappa shape index (κ1) is 18.1. The zero-order valence-electron chi connectivity index (χ0n) is 12.9. The van der Waals surface area contributed by atoms with Gasteiger partial charge in [0.2, 0.25) is 0 Å². The molecule has 2 aliphatic heterocycles. The number of carboxylic acids is 1. The average Bonchev–Trinajstić information content (AvgIpc) is 2.51. The second kappa shape index (κ2) is 6.68. The molecule has 1 amide bonds. The molecule has 2 aliphatic rings. The van der Waals surface area contributed by atoms with Crippen LogP contribution in [0.2, 0.25) is 0 Å². The fraction of sp³-hybridized carbons (Fsp3) is 0.467. The fourth-order valence-electron chi connectivity index (χ4n) is 2.85. The van der Waals surface area contributed by atoms with Crippen LogP contribution in [0.1, 0.15) is 21.5 Å². The van der Waals surface area contributed by atoms with Crippen LogP contribution in [-0.2, 0) is 11.2 Å². The summed E-state index contributed by atoms with van der Waals surface area (Å²) >= 11 is 0. The summed E-state index contributed by atoms with van der Waals surface area (Å²) in [7, 11) is 0. The lowest BCUT2D eigenvalue weighted by Crippen LogP contribution is -2.56. The third-order valence-electron chi connectivity index (χ3n) is 4.00. The van der Waals surface area contributed by atoms with Crippen LogP contribution in [0.5, 0.6) is 5.75 Å². The number of piperazine rings is 1. The van der Waals surface area contributed by atoms with Crippen molar-refractivity contribution in [2.24, 2.45) is 0 Å². The van der Waals surface area contributed by atoms with Gasteiger partial charge in [0.25, 0.3) is 5.91 Å². The molecule has 3 rings (SSSR count). The lowest BCUT2D eigenvalue weighted by molar-refractivity contribution is -0.192. The maximum atomic E-state index is 12.4. The van der Waals surface area contributed by atoms with Crippen molar-refractivity contribution in [2.45, 2.75) is 25.6 Å². The minimum absolute atomic E-state index is 0.0751. The Morgan fingerprint density at radius 2 is 2.00 bits per heavy atom. The number of aromatic hydroxyl groups is 1. The van der Waals surface area contributed by atoms with Crippen LogP contribution in [0.25, 0.3) is 0 Å². The van der Waals surface area contributed by atoms with Gasteiger partial charge >= 0.3 is 12.1 Å². The van der Waals surface area contributed by atoms with Crippen LogP contribution in [0.4, 0.5) is 13.2 Å². The van der Waals surface area contributed by atoms with Gasteiger partial charge in [0.15, 0.2) is 0 Å². The van der Waals surface area contributed by atoms with Gasteiger partial charge in [-0.25, -0.2) is 4.79 Å². The molecule has 0 unspecified atom stereocenters. The Labute approximate surface area is 135 Å². The third-order valence-corrected chi connectivity index (χ3v) is 4.00. The fourth-order valence-corrected chi connectivity index (χ4v) is 2.85. The van der Waals surface area contributed by atoms with Gasteiger partial charge in [-0.1, -0.05) is 6.07 Å². The molecule has 6 nitrogen and oxygen atoms in total. The molecular weight excluding hydrogens is 329 g/mol. The highest BCUT2D eigenvalue weighted by atomic mass is 19.4. The number of aryl methyl sites for hydroxylation is 1. The number of phenols is 1. The second-order valence-electron chi connectivity index (χ2n) is 5.62. The molecule has 1 atom stereocenters. The number of phenolic OH excluding ortho intramolecular Hbond substituents is 1. The van der Waals surface area contributed by atoms with E-state index in [4.69, 9.17) is 9.90 Å². The van der Waals surface area contributed by atoms with Gasteiger partial charge in [0.05, 0.1) is 0 Å². The van der Waals surface area contributed by atoms with Crippen molar-refractivity contribution in [3.8, 4) is 5.75 Å². The molecule has 0 bridgehead atoms. The Bertz CT molecular complexity index is 661. The number of hydrogen-bond donors (Lipinski definition) is 3. The highest BCUT2D eigenvalue weighted by molar-refractivity contribution is 5.99. The average molecular weight is 346 g/mol. The Morgan fingerprint density at radius 1 is 1.38 bits per heavy atom. The van der Waals surface area contributed by atoms with E-state index in [1.165, 1.54) is 0 Å². The lowest BCUT2D eigenvalue weighted by Gasteiger charge is -2.40. The smallest absolute Gasteiger partial charge is 0.490 e. The molecule has 0 aromatic heterocycles. The number of alkyl halides is 3. The first-order valence-corrected chi connectivity index (χ1v) is 7.26. The van der Waals surface area contributed by atoms with Crippen LogP contribution in [0, 0.1) is 6.92 Å². The van der Waals surface area contributed by atoms with Crippen molar-refractivity contribution in [1.29, 1.82) is 0 Å². The molecule has 1 aromatic carbocycles. The van der Waals surface area contributed by atoms with E-state index in [2.05, 4.69) is 5.32 Å². The second-order valence-corrected chi connectivity index (χ2v) is 5.62. The van der Waals surface area contributed by atoms with E-state index in [0.29, 0.717) is 5.56 Å². The molecule has 24 heavy (non-hydrogen) atoms. The van der Waals surface area contributed by atoms with Gasteiger partial charge in [-0.3, -0.25) is 4.79 Å². The molecule has 0 spiro atoms. The van der Waals surface area contributed by atoms with E-state index in [-0.39, 0.29) is 17.7 Å². The third kappa shape index (κ3) is 3.61. The van der Waals surface area contributed by atoms with E-state index in [0.717, 1.165) is 37.2 Å². The molecule has 132 valence electrons. The minimum Gasteiger partial charge on any atom is -0.508 e. The molecule has 3 N–H and O–H groups in total. The molecule has 2 heterocycles. The summed E-state index contributed by atoms with van der Waals surface area (Å²) in [5.41, 5.74) is 2.49. The number of hydrogen-bond acceptors (Lipinski definition) is 4. The lowest BCUT2D eigenvalue weighted by atomic mass is 9.89. The summed E-state index contributed by atoms with van der Waals surface area (Å²) in [5.74, 6) is -2.43. The number of benzene rings is 1. The van der Waals surface area contributed by atoms with E-state index in [9.17, 15) is 23.1 Å². The maximum Gasteiger partial charge on any atom is 0.490 e. The number of fused-ring (bicyclic) bond motifs is 2. The van der Waals surface area contributed by atoms with E-state index in [1.54, 1.807) is 6.07 Å². The molecule has 0 saturated carbocycles. The van der Waals surface area contributed by atoms with E-state index < -0.39 is 12.1 Å². The number of rotatable bonds is 0. The van der Waals surface area contributed by atoms with Gasteiger partial charge in [0.1, 0.15) is 5.75 Å². The number of amides is 1. The summed E-state index contributed by atoms with van der Waals surface area (Å²) in [5, 5.41) is 20.3. The van der Waals surface area contributed by atoms with Gasteiger partial charge in [0, 0.05) is 36.8 Å². The highest BCUT2D eigenvalue weighted by Crippen LogP contribution is 2.32. The topological polar surface area (TPSA) is 89.9 Å². The van der Waals surface area contributed by atoms with Crippen molar-refractivity contribution in [3.05, 3.63) is 28.8 Å². The Kier molecular flexibility index (Phi) is 5.02. The zero-order valence-corrected chi connectivity index (χ0v) is 12.9. The number of carboxylic acid groups (broad SMARTS) is 1. The maximum absolute atomic E-state index is 12.4. The van der Waals surface area contributed by atoms with E-state index in [1.807, 2.05) is 17.9 Å². The summed E-state index contributed by atoms with van der Waals surface area (Å²) in [4.78, 5) is 23.2. The molecule has 0 aliphatic carbocycles. The summed E-state index contributed by atoms with van der Waals surface area (Å²) in [6.45, 7) is 4.37. The van der Waals surface area contributed by atoms with Crippen molar-refractivity contribution in [2.75, 3.05) is 19.6 Å². The molecule has 1 saturated heterocycles. The van der Waals surface area contributed by atoms with Crippen LogP contribution >= 0.6 is 0 Å². The number of nitrogens with zero attached hydrogens (tertiary/aromatic N) is 1. The largest absolute Gasteiger partial charge is 0.508 e. The van der Waals surface area contributed by atoms with Crippen molar-refractivity contribution < 1.29 is 33.0 Å². The molecule has 9 heteroatoms. The van der Waals surface area contributed by atoms with Crippen molar-refractivity contribution in [1.82, 2.24) is 10.2 Å². The summed E-state index contributed by atoms with van der Waals surface area (Å²) in [6.07, 6.45) is -4.33. The summed E-state index contributed by atoms with van der Waals surface area (Å²) < 4.78 is 31.7. The minimum atomic E-state index is -5.08. The normalized spacial score (nSPS) is 19.8. The predicted molar refractivity (Wildman–Crippen MR) is 77.9 cm³/mol. The quantitative estimate of drug-likeness (QED) is 0.659. The van der Waals surface area contributed by atoms with Gasteiger partial charge in [-0.15, -0.1) is 0 Å². The summed E-state index contributed by atoms with van der Waals surface area (Å²) in [6, 6.07) is 3.69. The SMILES string of the molecule is Cc1ccc(O)c2c1C(=O)N1CCNC[C@H]1C2.O=C(O)C(F)(F)F. The number of carbonyl (C=O) groups is 2. The van der Waals surface area contributed by atoms with Gasteiger partial charge in [-0.05, 0) is 25.0 Å². The first-order valence-electron chi connectivity index (χ1n) is 7.26. The monoisotopic (exact) mass is 346 g/mol. The molecule has 1 fully saturated rings. The van der Waals surface area contributed by atoms with Crippen molar-refractivity contribution in [3.63, 3.8) is 0 Å².